The van der Waals surface area contributed by atoms with Crippen molar-refractivity contribution in [3.63, 3.8) is 0 Å². The molecule has 6 nitrogen and oxygen atoms in total. The van der Waals surface area contributed by atoms with Crippen LogP contribution in [0.2, 0.25) is 0 Å². The summed E-state index contributed by atoms with van der Waals surface area (Å²) in [4.78, 5) is 21.5. The molecule has 23 heavy (non-hydrogen) atoms. The standard InChI is InChI=1S/C17H32N4O2/c1-15(2)20-11-8-19(9-12-20)10-13-21-14-17(23-16(21)22)4-6-18(3)7-5-17/h15H,4-14H2,1-3H3. The van der Waals surface area contributed by atoms with E-state index in [0.29, 0.717) is 6.04 Å². The lowest BCUT2D eigenvalue weighted by Crippen LogP contribution is -2.50. The Labute approximate surface area is 140 Å². The van der Waals surface area contributed by atoms with Crippen molar-refractivity contribution >= 4 is 6.09 Å². The highest BCUT2D eigenvalue weighted by Crippen LogP contribution is 2.32. The molecule has 3 saturated heterocycles. The lowest BCUT2D eigenvalue weighted by atomic mass is 9.91. The van der Waals surface area contributed by atoms with Crippen LogP contribution in [0.5, 0.6) is 0 Å². The maximum absolute atomic E-state index is 12.2. The molecule has 3 aliphatic heterocycles. The predicted octanol–water partition coefficient (Wildman–Crippen LogP) is 0.929. The summed E-state index contributed by atoms with van der Waals surface area (Å²) in [5.41, 5.74) is -0.208. The van der Waals surface area contributed by atoms with Crippen molar-refractivity contribution in [2.24, 2.45) is 0 Å². The van der Waals surface area contributed by atoms with Gasteiger partial charge in [0.05, 0.1) is 6.54 Å². The number of ether oxygens (including phenoxy) is 1. The third-order valence-electron chi connectivity index (χ3n) is 5.76. The second kappa shape index (κ2) is 6.95. The fourth-order valence-corrected chi connectivity index (χ4v) is 3.92. The van der Waals surface area contributed by atoms with Crippen LogP contribution in [0.1, 0.15) is 26.7 Å². The predicted molar refractivity (Wildman–Crippen MR) is 90.7 cm³/mol. The van der Waals surface area contributed by atoms with Gasteiger partial charge in [0, 0.05) is 71.2 Å². The van der Waals surface area contributed by atoms with E-state index in [9.17, 15) is 4.79 Å². The number of amides is 1. The summed E-state index contributed by atoms with van der Waals surface area (Å²) >= 11 is 0. The van der Waals surface area contributed by atoms with Crippen LogP contribution in [-0.4, -0.2) is 103 Å². The molecule has 0 atom stereocenters. The van der Waals surface area contributed by atoms with Gasteiger partial charge in [0.15, 0.2) is 0 Å². The van der Waals surface area contributed by atoms with Crippen LogP contribution < -0.4 is 0 Å². The number of piperazine rings is 1. The maximum atomic E-state index is 12.2. The molecule has 1 spiro atoms. The van der Waals surface area contributed by atoms with Crippen LogP contribution in [0.15, 0.2) is 0 Å². The van der Waals surface area contributed by atoms with Crippen molar-refractivity contribution in [2.45, 2.75) is 38.3 Å². The van der Waals surface area contributed by atoms with E-state index in [4.69, 9.17) is 4.74 Å². The Bertz CT molecular complexity index is 413. The molecule has 0 aliphatic carbocycles. The summed E-state index contributed by atoms with van der Waals surface area (Å²) in [5, 5.41) is 0. The first-order valence-corrected chi connectivity index (χ1v) is 9.10. The van der Waals surface area contributed by atoms with Gasteiger partial charge in [0.1, 0.15) is 5.60 Å². The van der Waals surface area contributed by atoms with Gasteiger partial charge in [0.2, 0.25) is 0 Å². The van der Waals surface area contributed by atoms with Crippen LogP contribution in [0, 0.1) is 0 Å². The van der Waals surface area contributed by atoms with E-state index in [2.05, 4.69) is 35.6 Å². The Morgan fingerprint density at radius 2 is 1.70 bits per heavy atom. The Morgan fingerprint density at radius 1 is 1.04 bits per heavy atom. The zero-order valence-electron chi connectivity index (χ0n) is 15.0. The van der Waals surface area contributed by atoms with Crippen molar-refractivity contribution in [2.75, 3.05) is 66.0 Å². The van der Waals surface area contributed by atoms with Crippen molar-refractivity contribution in [1.29, 1.82) is 0 Å². The first-order chi connectivity index (χ1) is 11.0. The molecule has 6 heteroatoms. The number of nitrogens with zero attached hydrogens (tertiary/aromatic N) is 4. The van der Waals surface area contributed by atoms with Crippen LogP contribution in [-0.2, 0) is 4.74 Å². The number of hydrogen-bond acceptors (Lipinski definition) is 5. The van der Waals surface area contributed by atoms with Crippen molar-refractivity contribution < 1.29 is 9.53 Å². The highest BCUT2D eigenvalue weighted by molar-refractivity contribution is 5.70. The Kier molecular flexibility index (Phi) is 5.13. The monoisotopic (exact) mass is 324 g/mol. The van der Waals surface area contributed by atoms with Gasteiger partial charge in [-0.1, -0.05) is 0 Å². The zero-order valence-corrected chi connectivity index (χ0v) is 15.0. The summed E-state index contributed by atoms with van der Waals surface area (Å²) in [7, 11) is 2.14. The van der Waals surface area contributed by atoms with E-state index in [1.54, 1.807) is 0 Å². The van der Waals surface area contributed by atoms with Gasteiger partial charge in [0.25, 0.3) is 0 Å². The Morgan fingerprint density at radius 3 is 2.30 bits per heavy atom. The van der Waals surface area contributed by atoms with Crippen LogP contribution in [0.3, 0.4) is 0 Å². The normalized spacial score (nSPS) is 27.1. The van der Waals surface area contributed by atoms with Gasteiger partial charge in [-0.3, -0.25) is 9.80 Å². The van der Waals surface area contributed by atoms with Crippen LogP contribution in [0.4, 0.5) is 4.79 Å². The van der Waals surface area contributed by atoms with Gasteiger partial charge in [-0.2, -0.15) is 0 Å². The molecule has 0 saturated carbocycles. The first-order valence-electron chi connectivity index (χ1n) is 9.10. The molecule has 0 N–H and O–H groups in total. The lowest BCUT2D eigenvalue weighted by molar-refractivity contribution is 0.00656. The number of piperidine rings is 1. The fourth-order valence-electron chi connectivity index (χ4n) is 3.92. The molecule has 3 fully saturated rings. The molecule has 1 amide bonds. The number of carbonyl (C=O) groups excluding carboxylic acids is 1. The summed E-state index contributed by atoms with van der Waals surface area (Å²) < 4.78 is 5.77. The second-order valence-corrected chi connectivity index (χ2v) is 7.75. The quantitative estimate of drug-likeness (QED) is 0.769. The van der Waals surface area contributed by atoms with Crippen molar-refractivity contribution in [3.05, 3.63) is 0 Å². The minimum Gasteiger partial charge on any atom is -0.441 e. The second-order valence-electron chi connectivity index (χ2n) is 7.75. The molecule has 132 valence electrons. The van der Waals surface area contributed by atoms with Gasteiger partial charge in [-0.05, 0) is 20.9 Å². The van der Waals surface area contributed by atoms with Gasteiger partial charge in [-0.15, -0.1) is 0 Å². The topological polar surface area (TPSA) is 39.3 Å². The van der Waals surface area contributed by atoms with Crippen LogP contribution >= 0.6 is 0 Å². The van der Waals surface area contributed by atoms with Gasteiger partial charge in [-0.25, -0.2) is 4.79 Å². The highest BCUT2D eigenvalue weighted by atomic mass is 16.6. The highest BCUT2D eigenvalue weighted by Gasteiger charge is 2.46. The molecule has 3 heterocycles. The lowest BCUT2D eigenvalue weighted by Gasteiger charge is -2.37. The fraction of sp³-hybridized carbons (Fsp3) is 0.941. The van der Waals surface area contributed by atoms with Crippen molar-refractivity contribution in [3.8, 4) is 0 Å². The SMILES string of the molecule is CC(C)N1CCN(CCN2CC3(CCN(C)CC3)OC2=O)CC1. The molecular formula is C17H32N4O2. The third kappa shape index (κ3) is 3.98. The summed E-state index contributed by atoms with van der Waals surface area (Å²) in [6, 6.07) is 0.634. The third-order valence-corrected chi connectivity index (χ3v) is 5.76. The molecule has 0 aromatic heterocycles. The van der Waals surface area contributed by atoms with Crippen LogP contribution in [0.25, 0.3) is 0 Å². The number of carbonyl (C=O) groups is 1. The molecule has 0 aromatic rings. The van der Waals surface area contributed by atoms with Gasteiger partial charge < -0.3 is 14.5 Å². The van der Waals surface area contributed by atoms with Gasteiger partial charge >= 0.3 is 6.09 Å². The summed E-state index contributed by atoms with van der Waals surface area (Å²) in [6.07, 6.45) is 1.84. The van der Waals surface area contributed by atoms with Crippen molar-refractivity contribution in [1.82, 2.24) is 19.6 Å². The van der Waals surface area contributed by atoms with E-state index in [1.165, 1.54) is 0 Å². The molecule has 0 radical (unpaired) electrons. The minimum absolute atomic E-state index is 0.102. The van der Waals surface area contributed by atoms with E-state index < -0.39 is 0 Å². The summed E-state index contributed by atoms with van der Waals surface area (Å²) in [5.74, 6) is 0. The number of rotatable bonds is 4. The Hall–Kier alpha value is -0.850. The largest absolute Gasteiger partial charge is 0.441 e. The first kappa shape index (κ1) is 17.0. The van der Waals surface area contributed by atoms with E-state index in [-0.39, 0.29) is 11.7 Å². The Balaban J connectivity index is 1.43. The smallest absolute Gasteiger partial charge is 0.410 e. The molecule has 0 aromatic carbocycles. The van der Waals surface area contributed by atoms with E-state index >= 15 is 0 Å². The number of likely N-dealkylation sites (tertiary alicyclic amines) is 1. The minimum atomic E-state index is -0.208. The average Bonchev–Trinajstić information content (AvgIpc) is 2.85. The van der Waals surface area contributed by atoms with E-state index in [1.807, 2.05) is 4.90 Å². The zero-order chi connectivity index (χ0) is 16.4. The molecule has 0 bridgehead atoms. The molecule has 3 aliphatic rings. The number of hydrogen-bond donors (Lipinski definition) is 0. The molecule has 0 unspecified atom stereocenters. The van der Waals surface area contributed by atoms with E-state index in [0.717, 1.165) is 71.7 Å². The maximum Gasteiger partial charge on any atom is 0.410 e. The average molecular weight is 324 g/mol. The molecule has 3 rings (SSSR count). The summed E-state index contributed by atoms with van der Waals surface area (Å²) in [6.45, 7) is 13.6. The molecular weight excluding hydrogens is 292 g/mol.